The molecule has 0 aromatic heterocycles. The van der Waals surface area contributed by atoms with E-state index in [1.807, 2.05) is 6.92 Å². The number of carbonyl (C=O) groups excluding carboxylic acids is 1. The van der Waals surface area contributed by atoms with E-state index in [-0.39, 0.29) is 24.0 Å². The lowest BCUT2D eigenvalue weighted by Gasteiger charge is -2.18. The molecule has 116 valence electrons. The molecule has 1 aliphatic rings. The summed E-state index contributed by atoms with van der Waals surface area (Å²) in [6, 6.07) is -0.0116. The molecule has 0 aromatic carbocycles. The Balaban J connectivity index is 2.18. The number of aliphatic carboxylic acids is 1. The van der Waals surface area contributed by atoms with Crippen molar-refractivity contribution in [1.29, 1.82) is 0 Å². The van der Waals surface area contributed by atoms with Crippen LogP contribution in [0.1, 0.15) is 59.3 Å². The van der Waals surface area contributed by atoms with Crippen LogP contribution < -0.4 is 10.6 Å². The van der Waals surface area contributed by atoms with E-state index in [0.717, 1.165) is 19.3 Å². The molecule has 0 heterocycles. The highest BCUT2D eigenvalue weighted by molar-refractivity contribution is 5.75. The molecule has 0 aromatic rings. The molecule has 0 radical (unpaired) electrons. The summed E-state index contributed by atoms with van der Waals surface area (Å²) in [5.41, 5.74) is 0. The van der Waals surface area contributed by atoms with E-state index in [9.17, 15) is 9.59 Å². The van der Waals surface area contributed by atoms with Gasteiger partial charge in [-0.3, -0.25) is 4.79 Å². The Morgan fingerprint density at radius 1 is 1.20 bits per heavy atom. The largest absolute Gasteiger partial charge is 0.481 e. The number of urea groups is 1. The van der Waals surface area contributed by atoms with Crippen LogP contribution in [0.2, 0.25) is 0 Å². The van der Waals surface area contributed by atoms with Crippen LogP contribution >= 0.6 is 0 Å². The summed E-state index contributed by atoms with van der Waals surface area (Å²) < 4.78 is 0. The number of hydrogen-bond acceptors (Lipinski definition) is 2. The maximum atomic E-state index is 11.8. The number of hydrogen-bond donors (Lipinski definition) is 3. The van der Waals surface area contributed by atoms with E-state index in [2.05, 4.69) is 24.5 Å². The third kappa shape index (κ3) is 6.26. The summed E-state index contributed by atoms with van der Waals surface area (Å²) in [5, 5.41) is 14.7. The van der Waals surface area contributed by atoms with Gasteiger partial charge in [0.1, 0.15) is 0 Å². The van der Waals surface area contributed by atoms with E-state index in [0.29, 0.717) is 18.8 Å². The first-order valence-corrected chi connectivity index (χ1v) is 7.68. The van der Waals surface area contributed by atoms with Crippen LogP contribution in [0.25, 0.3) is 0 Å². The van der Waals surface area contributed by atoms with Crippen molar-refractivity contribution in [2.75, 3.05) is 0 Å². The zero-order valence-corrected chi connectivity index (χ0v) is 12.8. The van der Waals surface area contributed by atoms with Gasteiger partial charge in [-0.1, -0.05) is 26.7 Å². The van der Waals surface area contributed by atoms with E-state index < -0.39 is 5.97 Å². The number of carboxylic acid groups (broad SMARTS) is 1. The van der Waals surface area contributed by atoms with Crippen LogP contribution in [0.4, 0.5) is 4.79 Å². The lowest BCUT2D eigenvalue weighted by molar-refractivity contribution is -0.141. The summed E-state index contributed by atoms with van der Waals surface area (Å²) >= 11 is 0. The van der Waals surface area contributed by atoms with E-state index in [1.165, 1.54) is 6.42 Å². The highest BCUT2D eigenvalue weighted by Gasteiger charge is 2.30. The second-order valence-corrected chi connectivity index (χ2v) is 6.39. The van der Waals surface area contributed by atoms with Crippen LogP contribution in [-0.2, 0) is 4.79 Å². The number of carboxylic acids is 1. The van der Waals surface area contributed by atoms with E-state index in [4.69, 9.17) is 5.11 Å². The van der Waals surface area contributed by atoms with Gasteiger partial charge >= 0.3 is 12.0 Å². The van der Waals surface area contributed by atoms with Crippen LogP contribution in [0.5, 0.6) is 0 Å². The monoisotopic (exact) mass is 284 g/mol. The molecule has 0 aliphatic heterocycles. The zero-order chi connectivity index (χ0) is 15.1. The Labute approximate surface area is 121 Å². The summed E-state index contributed by atoms with van der Waals surface area (Å²) in [6.45, 7) is 6.40. The Hall–Kier alpha value is -1.26. The predicted octanol–water partition coefficient (Wildman–Crippen LogP) is 2.75. The third-order valence-electron chi connectivity index (χ3n) is 3.91. The lowest BCUT2D eigenvalue weighted by Crippen LogP contribution is -2.44. The third-order valence-corrected chi connectivity index (χ3v) is 3.91. The minimum absolute atomic E-state index is 0.000959. The molecular weight excluding hydrogens is 256 g/mol. The van der Waals surface area contributed by atoms with Gasteiger partial charge in [0.15, 0.2) is 0 Å². The fourth-order valence-corrected chi connectivity index (χ4v) is 2.69. The summed E-state index contributed by atoms with van der Waals surface area (Å²) in [4.78, 5) is 22.7. The molecule has 3 atom stereocenters. The SMILES string of the molecule is CC(C)CCCC(C)NC(=O)NC1CCC(C(=O)O)C1. The van der Waals surface area contributed by atoms with Crippen molar-refractivity contribution in [3.8, 4) is 0 Å². The van der Waals surface area contributed by atoms with Crippen molar-refractivity contribution in [2.24, 2.45) is 11.8 Å². The van der Waals surface area contributed by atoms with Gasteiger partial charge in [0, 0.05) is 12.1 Å². The molecule has 1 fully saturated rings. The Kier molecular flexibility index (Phi) is 6.82. The quantitative estimate of drug-likeness (QED) is 0.672. The van der Waals surface area contributed by atoms with E-state index >= 15 is 0 Å². The normalized spacial score (nSPS) is 23.6. The standard InChI is InChI=1S/C15H28N2O3/c1-10(2)5-4-6-11(3)16-15(20)17-13-8-7-12(9-13)14(18)19/h10-13H,4-9H2,1-3H3,(H,18,19)(H2,16,17,20). The number of amides is 2. The Bertz CT molecular complexity index is 331. The maximum absolute atomic E-state index is 11.8. The summed E-state index contributed by atoms with van der Waals surface area (Å²) in [6.07, 6.45) is 5.23. The van der Waals surface area contributed by atoms with Gasteiger partial charge in [0.2, 0.25) is 0 Å². The second kappa shape index (κ2) is 8.12. The average Bonchev–Trinajstić information content (AvgIpc) is 2.76. The van der Waals surface area contributed by atoms with Crippen molar-refractivity contribution >= 4 is 12.0 Å². The smallest absolute Gasteiger partial charge is 0.315 e. The van der Waals surface area contributed by atoms with Crippen molar-refractivity contribution in [1.82, 2.24) is 10.6 Å². The lowest BCUT2D eigenvalue weighted by atomic mass is 10.0. The number of carbonyl (C=O) groups is 2. The minimum Gasteiger partial charge on any atom is -0.481 e. The first-order valence-electron chi connectivity index (χ1n) is 7.68. The average molecular weight is 284 g/mol. The zero-order valence-electron chi connectivity index (χ0n) is 12.8. The van der Waals surface area contributed by atoms with Crippen molar-refractivity contribution in [3.63, 3.8) is 0 Å². The number of rotatable bonds is 7. The molecule has 0 spiro atoms. The molecular formula is C15H28N2O3. The van der Waals surface area contributed by atoms with Crippen molar-refractivity contribution in [2.45, 2.75) is 71.4 Å². The van der Waals surface area contributed by atoms with Crippen molar-refractivity contribution < 1.29 is 14.7 Å². The predicted molar refractivity (Wildman–Crippen MR) is 78.6 cm³/mol. The van der Waals surface area contributed by atoms with Gasteiger partial charge in [0.05, 0.1) is 5.92 Å². The topological polar surface area (TPSA) is 78.4 Å². The molecule has 1 rings (SSSR count). The van der Waals surface area contributed by atoms with Gasteiger partial charge in [-0.25, -0.2) is 4.79 Å². The second-order valence-electron chi connectivity index (χ2n) is 6.39. The summed E-state index contributed by atoms with van der Waals surface area (Å²) in [7, 11) is 0. The molecule has 0 bridgehead atoms. The molecule has 0 saturated heterocycles. The Morgan fingerprint density at radius 2 is 1.90 bits per heavy atom. The van der Waals surface area contributed by atoms with Gasteiger partial charge in [-0.05, 0) is 38.5 Å². The summed E-state index contributed by atoms with van der Waals surface area (Å²) in [5.74, 6) is -0.358. The molecule has 1 aliphatic carbocycles. The van der Waals surface area contributed by atoms with Gasteiger partial charge in [0.25, 0.3) is 0 Å². The molecule has 3 N–H and O–H groups in total. The highest BCUT2D eigenvalue weighted by atomic mass is 16.4. The maximum Gasteiger partial charge on any atom is 0.315 e. The first-order chi connectivity index (χ1) is 9.38. The van der Waals surface area contributed by atoms with Crippen LogP contribution in [0.15, 0.2) is 0 Å². The van der Waals surface area contributed by atoms with Crippen LogP contribution in [0, 0.1) is 11.8 Å². The fraction of sp³-hybridized carbons (Fsp3) is 0.867. The number of nitrogens with one attached hydrogen (secondary N) is 2. The molecule has 3 unspecified atom stereocenters. The van der Waals surface area contributed by atoms with Crippen LogP contribution in [-0.4, -0.2) is 29.2 Å². The van der Waals surface area contributed by atoms with Gasteiger partial charge in [-0.2, -0.15) is 0 Å². The molecule has 5 heteroatoms. The van der Waals surface area contributed by atoms with Gasteiger partial charge in [-0.15, -0.1) is 0 Å². The van der Waals surface area contributed by atoms with E-state index in [1.54, 1.807) is 0 Å². The van der Waals surface area contributed by atoms with Gasteiger partial charge < -0.3 is 15.7 Å². The van der Waals surface area contributed by atoms with Crippen molar-refractivity contribution in [3.05, 3.63) is 0 Å². The highest BCUT2D eigenvalue weighted by Crippen LogP contribution is 2.25. The molecule has 20 heavy (non-hydrogen) atoms. The fourth-order valence-electron chi connectivity index (χ4n) is 2.69. The minimum atomic E-state index is -0.753. The first kappa shape index (κ1) is 16.8. The molecule has 1 saturated carbocycles. The molecule has 2 amide bonds. The van der Waals surface area contributed by atoms with Crippen LogP contribution in [0.3, 0.4) is 0 Å². The molecule has 5 nitrogen and oxygen atoms in total. The Morgan fingerprint density at radius 3 is 2.45 bits per heavy atom.